The number of allylic oxidation sites excluding steroid dienone is 2. The van der Waals surface area contributed by atoms with Crippen LogP contribution in [0.4, 0.5) is 0 Å². The number of nitrogens with zero attached hydrogens (tertiary/aromatic N) is 1. The lowest BCUT2D eigenvalue weighted by molar-refractivity contribution is -0.423. The zero-order chi connectivity index (χ0) is 15.4. The Kier molecular flexibility index (Phi) is 4.68. The molecule has 0 unspecified atom stereocenters. The SMILES string of the molecule is CCOC(=O)/C(=C/C1=C(c2ccccc2)[I+]1)c1ccccn1. The molecule has 0 fully saturated rings. The molecule has 0 saturated carbocycles. The second kappa shape index (κ2) is 6.87. The summed E-state index contributed by atoms with van der Waals surface area (Å²) in [5.41, 5.74) is 2.46. The summed E-state index contributed by atoms with van der Waals surface area (Å²) in [7, 11) is 0. The van der Waals surface area contributed by atoms with E-state index in [2.05, 4.69) is 17.1 Å². The van der Waals surface area contributed by atoms with Gasteiger partial charge in [0, 0.05) is 17.8 Å². The summed E-state index contributed by atoms with van der Waals surface area (Å²) in [5.74, 6) is -0.308. The molecule has 0 atom stereocenters. The minimum absolute atomic E-state index is 0.110. The quantitative estimate of drug-likeness (QED) is 0.414. The van der Waals surface area contributed by atoms with Crippen molar-refractivity contribution in [2.45, 2.75) is 6.92 Å². The summed E-state index contributed by atoms with van der Waals surface area (Å²) in [5, 5.41) is 0. The average Bonchev–Trinajstić information content (AvgIpc) is 3.34. The minimum atomic E-state index is -0.308. The summed E-state index contributed by atoms with van der Waals surface area (Å²) >= 11 is -0.110. The summed E-state index contributed by atoms with van der Waals surface area (Å²) in [6.45, 7) is 2.18. The molecule has 1 aromatic heterocycles. The number of pyridine rings is 1. The molecule has 2 aromatic rings. The number of esters is 1. The van der Waals surface area contributed by atoms with Crippen LogP contribution in [-0.2, 0) is 9.53 Å². The highest BCUT2D eigenvalue weighted by Gasteiger charge is 2.45. The van der Waals surface area contributed by atoms with E-state index in [9.17, 15) is 4.79 Å². The Balaban J connectivity index is 1.94. The van der Waals surface area contributed by atoms with Crippen molar-refractivity contribution in [3.63, 3.8) is 0 Å². The van der Waals surface area contributed by atoms with Gasteiger partial charge in [-0.2, -0.15) is 0 Å². The Bertz CT molecular complexity index is 736. The lowest BCUT2D eigenvalue weighted by Gasteiger charge is -2.04. The Morgan fingerprint density at radius 1 is 1.18 bits per heavy atom. The number of ether oxygens (including phenoxy) is 1. The fourth-order valence-corrected chi connectivity index (χ4v) is 4.09. The molecule has 4 heteroatoms. The average molecular weight is 404 g/mol. The molecule has 3 nitrogen and oxygen atoms in total. The molecule has 110 valence electrons. The zero-order valence-electron chi connectivity index (χ0n) is 12.1. The van der Waals surface area contributed by atoms with Crippen LogP contribution in [0.2, 0.25) is 0 Å². The molecule has 2 heterocycles. The van der Waals surface area contributed by atoms with Crippen molar-refractivity contribution >= 4 is 15.1 Å². The molecular weight excluding hydrogens is 389 g/mol. The van der Waals surface area contributed by atoms with E-state index in [1.54, 1.807) is 6.20 Å². The highest BCUT2D eigenvalue weighted by molar-refractivity contribution is 6.16. The van der Waals surface area contributed by atoms with Gasteiger partial charge < -0.3 is 4.74 Å². The highest BCUT2D eigenvalue weighted by atomic mass is 127. The summed E-state index contributed by atoms with van der Waals surface area (Å²) in [6, 6.07) is 15.9. The van der Waals surface area contributed by atoms with Crippen LogP contribution >= 0.6 is 0 Å². The number of rotatable bonds is 5. The van der Waals surface area contributed by atoms with E-state index < -0.39 is 0 Å². The molecule has 1 aliphatic rings. The largest absolute Gasteiger partial charge is 0.462 e. The first-order valence-electron chi connectivity index (χ1n) is 7.04. The predicted octanol–water partition coefficient (Wildman–Crippen LogP) is 0.499. The number of hydrogen-bond donors (Lipinski definition) is 0. The number of carbonyl (C=O) groups excluding carboxylic acids is 1. The Morgan fingerprint density at radius 3 is 2.64 bits per heavy atom. The third-order valence-electron chi connectivity index (χ3n) is 3.10. The van der Waals surface area contributed by atoms with Crippen LogP contribution in [0.15, 0.2) is 64.4 Å². The Labute approximate surface area is 140 Å². The molecule has 0 radical (unpaired) electrons. The molecule has 0 bridgehead atoms. The van der Waals surface area contributed by atoms with Crippen molar-refractivity contribution in [1.82, 2.24) is 4.98 Å². The van der Waals surface area contributed by atoms with E-state index >= 15 is 0 Å². The lowest BCUT2D eigenvalue weighted by atomic mass is 10.1. The highest BCUT2D eigenvalue weighted by Crippen LogP contribution is 2.19. The predicted molar refractivity (Wildman–Crippen MR) is 82.2 cm³/mol. The van der Waals surface area contributed by atoms with Gasteiger partial charge in [-0.25, -0.2) is 4.79 Å². The molecule has 0 aliphatic carbocycles. The van der Waals surface area contributed by atoms with E-state index in [1.165, 1.54) is 12.7 Å². The molecule has 0 amide bonds. The smallest absolute Gasteiger partial charge is 0.368 e. The van der Waals surface area contributed by atoms with Gasteiger partial charge in [0.25, 0.3) is 3.58 Å². The third kappa shape index (κ3) is 3.44. The van der Waals surface area contributed by atoms with Gasteiger partial charge in [-0.05, 0) is 19.1 Å². The number of benzene rings is 1. The van der Waals surface area contributed by atoms with E-state index in [-0.39, 0.29) is 27.2 Å². The van der Waals surface area contributed by atoms with E-state index in [0.717, 1.165) is 0 Å². The van der Waals surface area contributed by atoms with Gasteiger partial charge >= 0.3 is 27.2 Å². The van der Waals surface area contributed by atoms with E-state index in [0.29, 0.717) is 17.9 Å². The number of carbonyl (C=O) groups is 1. The lowest BCUT2D eigenvalue weighted by Crippen LogP contribution is -3.48. The molecular formula is C18H15INO2+. The number of hydrogen-bond acceptors (Lipinski definition) is 3. The van der Waals surface area contributed by atoms with Crippen LogP contribution in [0.25, 0.3) is 9.15 Å². The van der Waals surface area contributed by atoms with Gasteiger partial charge in [0.15, 0.2) is 0 Å². The van der Waals surface area contributed by atoms with Gasteiger partial charge in [0.2, 0.25) is 3.58 Å². The molecule has 0 N–H and O–H groups in total. The third-order valence-corrected chi connectivity index (χ3v) is 5.74. The fraction of sp³-hybridized carbons (Fsp3) is 0.111. The van der Waals surface area contributed by atoms with Crippen molar-refractivity contribution in [3.05, 3.63) is 75.6 Å². The van der Waals surface area contributed by atoms with Crippen LogP contribution in [-0.4, -0.2) is 17.6 Å². The van der Waals surface area contributed by atoms with Crippen LogP contribution < -0.4 is 21.2 Å². The monoisotopic (exact) mass is 404 g/mol. The fourth-order valence-electron chi connectivity index (χ4n) is 2.04. The molecule has 1 aliphatic heterocycles. The number of halogens is 1. The molecule has 22 heavy (non-hydrogen) atoms. The second-order valence-corrected chi connectivity index (χ2v) is 7.40. The first-order chi connectivity index (χ1) is 10.8. The summed E-state index contributed by atoms with van der Waals surface area (Å²) in [6.07, 6.45) is 3.65. The Hall–Kier alpha value is -1.95. The van der Waals surface area contributed by atoms with Gasteiger partial charge in [-0.1, -0.05) is 36.4 Å². The van der Waals surface area contributed by atoms with E-state index in [4.69, 9.17) is 4.74 Å². The molecule has 0 spiro atoms. The zero-order valence-corrected chi connectivity index (χ0v) is 14.3. The molecule has 1 aromatic carbocycles. The summed E-state index contributed by atoms with van der Waals surface area (Å²) < 4.78 is 7.83. The van der Waals surface area contributed by atoms with E-state index in [1.807, 2.05) is 49.4 Å². The van der Waals surface area contributed by atoms with Gasteiger partial charge in [-0.15, -0.1) is 0 Å². The standard InChI is InChI=1S/C18H15INO2/c1-2-22-18(21)14(16-10-6-7-11-20-16)12-15-17(19-15)13-8-4-3-5-9-13/h3-12H,2H2,1H3/q+1/b14-12+. The van der Waals surface area contributed by atoms with Crippen molar-refractivity contribution in [1.29, 1.82) is 0 Å². The summed E-state index contributed by atoms with van der Waals surface area (Å²) in [4.78, 5) is 16.5. The van der Waals surface area contributed by atoms with Gasteiger partial charge in [0.05, 0.1) is 17.9 Å². The van der Waals surface area contributed by atoms with Crippen molar-refractivity contribution < 1.29 is 30.7 Å². The first-order valence-corrected chi connectivity index (χ1v) is 9.20. The minimum Gasteiger partial charge on any atom is -0.462 e. The van der Waals surface area contributed by atoms with Crippen molar-refractivity contribution in [3.8, 4) is 0 Å². The van der Waals surface area contributed by atoms with Gasteiger partial charge in [-0.3, -0.25) is 4.98 Å². The molecule has 0 saturated heterocycles. The maximum absolute atomic E-state index is 12.2. The topological polar surface area (TPSA) is 39.2 Å². The van der Waals surface area contributed by atoms with Crippen LogP contribution in [0.3, 0.4) is 0 Å². The van der Waals surface area contributed by atoms with Crippen LogP contribution in [0.1, 0.15) is 18.2 Å². The van der Waals surface area contributed by atoms with Crippen molar-refractivity contribution in [2.75, 3.05) is 6.61 Å². The normalized spacial score (nSPS) is 14.0. The van der Waals surface area contributed by atoms with Gasteiger partial charge in [0.1, 0.15) is 0 Å². The maximum Gasteiger partial charge on any atom is 0.368 e. The van der Waals surface area contributed by atoms with Crippen molar-refractivity contribution in [2.24, 2.45) is 0 Å². The second-order valence-electron chi connectivity index (χ2n) is 4.62. The number of aromatic nitrogens is 1. The van der Waals surface area contributed by atoms with Crippen LogP contribution in [0, 0.1) is 0 Å². The Morgan fingerprint density at radius 2 is 1.95 bits per heavy atom. The first kappa shape index (κ1) is 15.0. The maximum atomic E-state index is 12.2. The molecule has 3 rings (SSSR count). The van der Waals surface area contributed by atoms with Crippen LogP contribution in [0.5, 0.6) is 0 Å².